The Kier molecular flexibility index (Phi) is 5.27. The number of thiazole rings is 1. The van der Waals surface area contributed by atoms with E-state index in [1.165, 1.54) is 22.5 Å². The van der Waals surface area contributed by atoms with Crippen molar-refractivity contribution < 1.29 is 18.7 Å². The number of nitrogens with zero attached hydrogens (tertiary/aromatic N) is 2. The van der Waals surface area contributed by atoms with E-state index in [9.17, 15) is 9.59 Å². The zero-order valence-electron chi connectivity index (χ0n) is 13.4. The highest BCUT2D eigenvalue weighted by molar-refractivity contribution is 7.13. The first-order valence-corrected chi connectivity index (χ1v) is 8.66. The van der Waals surface area contributed by atoms with E-state index in [4.69, 9.17) is 9.15 Å². The van der Waals surface area contributed by atoms with Crippen molar-refractivity contribution in [2.45, 2.75) is 25.9 Å². The van der Waals surface area contributed by atoms with Gasteiger partial charge in [-0.15, -0.1) is 11.3 Å². The predicted octanol–water partition coefficient (Wildman–Crippen LogP) is 2.30. The highest BCUT2D eigenvalue weighted by Gasteiger charge is 2.26. The van der Waals surface area contributed by atoms with E-state index in [1.807, 2.05) is 12.3 Å². The zero-order valence-corrected chi connectivity index (χ0v) is 14.2. The highest BCUT2D eigenvalue weighted by Crippen LogP contribution is 2.17. The Morgan fingerprint density at radius 2 is 2.38 bits per heavy atom. The lowest BCUT2D eigenvalue weighted by molar-refractivity contribution is -0.117. The Morgan fingerprint density at radius 3 is 3.00 bits per heavy atom. The lowest BCUT2D eigenvalue weighted by Gasteiger charge is -2.23. The van der Waals surface area contributed by atoms with E-state index in [2.05, 4.69) is 10.3 Å². The maximum absolute atomic E-state index is 12.6. The minimum Gasteiger partial charge on any atom is -0.459 e. The van der Waals surface area contributed by atoms with E-state index >= 15 is 0 Å². The van der Waals surface area contributed by atoms with E-state index in [0.29, 0.717) is 18.3 Å². The summed E-state index contributed by atoms with van der Waals surface area (Å²) in [6, 6.07) is 3.24. The van der Waals surface area contributed by atoms with Gasteiger partial charge in [0.25, 0.3) is 5.91 Å². The average molecular weight is 349 g/mol. The molecular weight excluding hydrogens is 330 g/mol. The fourth-order valence-corrected chi connectivity index (χ4v) is 3.26. The molecule has 1 N–H and O–H groups in total. The van der Waals surface area contributed by atoms with Gasteiger partial charge in [0.2, 0.25) is 5.91 Å². The summed E-state index contributed by atoms with van der Waals surface area (Å²) in [5.74, 6) is -0.394. The van der Waals surface area contributed by atoms with Gasteiger partial charge in [0.1, 0.15) is 6.54 Å². The lowest BCUT2D eigenvalue weighted by atomic mass is 10.2. The average Bonchev–Trinajstić information content (AvgIpc) is 3.28. The first-order chi connectivity index (χ1) is 11.6. The second kappa shape index (κ2) is 7.59. The SMILES string of the molecule is Cc1csc(NC(=O)CN(CC2CCCO2)C(=O)c2ccco2)n1. The van der Waals surface area contributed by atoms with Crippen LogP contribution in [0.1, 0.15) is 29.1 Å². The number of hydrogen-bond acceptors (Lipinski definition) is 6. The van der Waals surface area contributed by atoms with Crippen molar-refractivity contribution in [1.82, 2.24) is 9.88 Å². The van der Waals surface area contributed by atoms with Gasteiger partial charge in [0.05, 0.1) is 18.1 Å². The van der Waals surface area contributed by atoms with Crippen LogP contribution in [0.5, 0.6) is 0 Å². The van der Waals surface area contributed by atoms with Crippen LogP contribution in [-0.2, 0) is 9.53 Å². The Hall–Kier alpha value is -2.19. The molecule has 8 heteroatoms. The number of amides is 2. The van der Waals surface area contributed by atoms with Gasteiger partial charge in [-0.3, -0.25) is 9.59 Å². The molecule has 0 radical (unpaired) electrons. The summed E-state index contributed by atoms with van der Waals surface area (Å²) >= 11 is 1.35. The number of rotatable bonds is 6. The molecule has 2 aromatic heterocycles. The molecule has 1 saturated heterocycles. The van der Waals surface area contributed by atoms with Crippen molar-refractivity contribution in [3.63, 3.8) is 0 Å². The van der Waals surface area contributed by atoms with Crippen LogP contribution < -0.4 is 5.32 Å². The molecule has 0 saturated carbocycles. The molecule has 1 fully saturated rings. The van der Waals surface area contributed by atoms with Gasteiger partial charge in [0, 0.05) is 18.5 Å². The van der Waals surface area contributed by atoms with Crippen LogP contribution in [0.4, 0.5) is 5.13 Å². The van der Waals surface area contributed by atoms with Crippen molar-refractivity contribution in [1.29, 1.82) is 0 Å². The molecule has 128 valence electrons. The number of carbonyl (C=O) groups is 2. The number of nitrogens with one attached hydrogen (secondary N) is 1. The van der Waals surface area contributed by atoms with Gasteiger partial charge in [-0.2, -0.15) is 0 Å². The number of anilines is 1. The standard InChI is InChI=1S/C16H19N3O4S/c1-11-10-24-16(17-11)18-14(20)9-19(8-12-4-2-6-22-12)15(21)13-5-3-7-23-13/h3,5,7,10,12H,2,4,6,8-9H2,1H3,(H,17,18,20). The van der Waals surface area contributed by atoms with Gasteiger partial charge in [0.15, 0.2) is 10.9 Å². The molecule has 1 atom stereocenters. The summed E-state index contributed by atoms with van der Waals surface area (Å²) in [6.45, 7) is 2.84. The topological polar surface area (TPSA) is 84.7 Å². The number of hydrogen-bond donors (Lipinski definition) is 1. The molecule has 1 aliphatic rings. The van der Waals surface area contributed by atoms with Gasteiger partial charge in [-0.1, -0.05) is 0 Å². The molecule has 0 aromatic carbocycles. The molecule has 2 amide bonds. The Balaban J connectivity index is 1.66. The maximum Gasteiger partial charge on any atom is 0.290 e. The van der Waals surface area contributed by atoms with Crippen LogP contribution in [0, 0.1) is 6.92 Å². The van der Waals surface area contributed by atoms with Crippen molar-refractivity contribution in [3.8, 4) is 0 Å². The quantitative estimate of drug-likeness (QED) is 0.865. The smallest absolute Gasteiger partial charge is 0.290 e. The molecular formula is C16H19N3O4S. The highest BCUT2D eigenvalue weighted by atomic mass is 32.1. The minimum absolute atomic E-state index is 0.0428. The fourth-order valence-electron chi connectivity index (χ4n) is 2.55. The monoisotopic (exact) mass is 349 g/mol. The Bertz CT molecular complexity index is 692. The van der Waals surface area contributed by atoms with E-state index in [-0.39, 0.29) is 30.2 Å². The van der Waals surface area contributed by atoms with Crippen LogP contribution in [0.15, 0.2) is 28.2 Å². The van der Waals surface area contributed by atoms with Crippen molar-refractivity contribution in [3.05, 3.63) is 35.2 Å². The normalized spacial score (nSPS) is 17.0. The molecule has 24 heavy (non-hydrogen) atoms. The van der Waals surface area contributed by atoms with E-state index in [1.54, 1.807) is 12.1 Å². The maximum atomic E-state index is 12.6. The number of ether oxygens (including phenoxy) is 1. The molecule has 2 aromatic rings. The molecule has 3 rings (SSSR count). The molecule has 7 nitrogen and oxygen atoms in total. The second-order valence-electron chi connectivity index (χ2n) is 5.64. The molecule has 0 bridgehead atoms. The number of furan rings is 1. The van der Waals surface area contributed by atoms with Crippen LogP contribution in [0.3, 0.4) is 0 Å². The minimum atomic E-state index is -0.319. The van der Waals surface area contributed by atoms with Gasteiger partial charge < -0.3 is 19.4 Å². The van der Waals surface area contributed by atoms with E-state index < -0.39 is 0 Å². The second-order valence-corrected chi connectivity index (χ2v) is 6.50. The molecule has 1 unspecified atom stereocenters. The van der Waals surface area contributed by atoms with Crippen molar-refractivity contribution >= 4 is 28.3 Å². The third-order valence-electron chi connectivity index (χ3n) is 3.67. The third kappa shape index (κ3) is 4.21. The molecule has 3 heterocycles. The van der Waals surface area contributed by atoms with Crippen LogP contribution in [0.25, 0.3) is 0 Å². The van der Waals surface area contributed by atoms with Gasteiger partial charge >= 0.3 is 0 Å². The Labute approximate surface area is 143 Å². The summed E-state index contributed by atoms with van der Waals surface area (Å²) in [7, 11) is 0. The number of aryl methyl sites for hydroxylation is 1. The summed E-state index contributed by atoms with van der Waals surface area (Å²) in [5.41, 5.74) is 0.846. The van der Waals surface area contributed by atoms with Crippen LogP contribution in [0.2, 0.25) is 0 Å². The fraction of sp³-hybridized carbons (Fsp3) is 0.438. The summed E-state index contributed by atoms with van der Waals surface area (Å²) in [5, 5.41) is 5.10. The summed E-state index contributed by atoms with van der Waals surface area (Å²) in [6.07, 6.45) is 3.25. The first-order valence-electron chi connectivity index (χ1n) is 7.78. The first kappa shape index (κ1) is 16.7. The Morgan fingerprint density at radius 1 is 1.50 bits per heavy atom. The van der Waals surface area contributed by atoms with Crippen molar-refractivity contribution in [2.24, 2.45) is 0 Å². The third-order valence-corrected chi connectivity index (χ3v) is 4.54. The lowest BCUT2D eigenvalue weighted by Crippen LogP contribution is -2.42. The molecule has 1 aliphatic heterocycles. The van der Waals surface area contributed by atoms with Gasteiger partial charge in [-0.05, 0) is 31.9 Å². The summed E-state index contributed by atoms with van der Waals surface area (Å²) in [4.78, 5) is 30.5. The summed E-state index contributed by atoms with van der Waals surface area (Å²) < 4.78 is 10.8. The van der Waals surface area contributed by atoms with Crippen molar-refractivity contribution in [2.75, 3.05) is 25.0 Å². The molecule has 0 aliphatic carbocycles. The van der Waals surface area contributed by atoms with E-state index in [0.717, 1.165) is 18.5 Å². The predicted molar refractivity (Wildman–Crippen MR) is 89.1 cm³/mol. The zero-order chi connectivity index (χ0) is 16.9. The largest absolute Gasteiger partial charge is 0.459 e. The molecule has 0 spiro atoms. The van der Waals surface area contributed by atoms with Gasteiger partial charge in [-0.25, -0.2) is 4.98 Å². The van der Waals surface area contributed by atoms with Crippen LogP contribution >= 0.6 is 11.3 Å². The number of aromatic nitrogens is 1. The number of carbonyl (C=O) groups excluding carboxylic acids is 2. The van der Waals surface area contributed by atoms with Crippen LogP contribution in [-0.4, -0.2) is 47.5 Å².